The van der Waals surface area contributed by atoms with E-state index in [1.807, 2.05) is 0 Å². The second-order valence-corrected chi connectivity index (χ2v) is 16.2. The summed E-state index contributed by atoms with van der Waals surface area (Å²) in [5.74, 6) is 3.50. The molecule has 0 heterocycles. The van der Waals surface area contributed by atoms with Crippen molar-refractivity contribution in [3.8, 4) is 0 Å². The molecule has 0 spiro atoms. The molecule has 3 fully saturated rings. The minimum atomic E-state index is -0.890. The summed E-state index contributed by atoms with van der Waals surface area (Å²) in [6.45, 7) is 18.0. The van der Waals surface area contributed by atoms with Gasteiger partial charge in [-0.15, -0.1) is 0 Å². The van der Waals surface area contributed by atoms with Crippen LogP contribution in [0.3, 0.4) is 0 Å². The number of unbranched alkanes of at least 4 members (excludes halogenated alkanes) is 1. The fraction of sp³-hybridized carbons (Fsp3) is 0.946. The third-order valence-electron chi connectivity index (χ3n) is 12.9. The van der Waals surface area contributed by atoms with E-state index in [0.29, 0.717) is 23.7 Å². The fourth-order valence-corrected chi connectivity index (χ4v) is 10.3. The van der Waals surface area contributed by atoms with Crippen molar-refractivity contribution < 1.29 is 10.2 Å². The van der Waals surface area contributed by atoms with E-state index in [2.05, 4.69) is 56.6 Å². The molecule has 9 atom stereocenters. The van der Waals surface area contributed by atoms with Gasteiger partial charge in [0.15, 0.2) is 0 Å². The van der Waals surface area contributed by atoms with Crippen LogP contribution in [0.5, 0.6) is 0 Å². The molecular formula is C37H70N4O2. The first-order chi connectivity index (χ1) is 20.6. The topological polar surface area (TPSA) is 103 Å². The molecule has 6 heteroatoms. The highest BCUT2D eigenvalue weighted by atomic mass is 16.3. The van der Waals surface area contributed by atoms with Crippen molar-refractivity contribution in [2.45, 2.75) is 142 Å². The number of fused-ring (bicyclic) bond motifs is 5. The molecule has 6 nitrogen and oxygen atoms in total. The average Bonchev–Trinajstić information content (AvgIpc) is 3.32. The predicted octanol–water partition coefficient (Wildman–Crippen LogP) is 5.77. The lowest BCUT2D eigenvalue weighted by molar-refractivity contribution is -0.181. The molecule has 3 unspecified atom stereocenters. The van der Waals surface area contributed by atoms with Crippen molar-refractivity contribution >= 4 is 0 Å². The number of aliphatic hydroxyl groups is 2. The fourth-order valence-electron chi connectivity index (χ4n) is 10.3. The summed E-state index contributed by atoms with van der Waals surface area (Å²) in [4.78, 5) is 0. The Bertz CT molecular complexity index is 881. The molecule has 250 valence electrons. The monoisotopic (exact) mass is 603 g/mol. The summed E-state index contributed by atoms with van der Waals surface area (Å²) in [6.07, 6.45) is 18.1. The van der Waals surface area contributed by atoms with Crippen molar-refractivity contribution in [3.63, 3.8) is 0 Å². The van der Waals surface area contributed by atoms with E-state index in [1.54, 1.807) is 5.57 Å². The molecule has 4 rings (SSSR count). The quantitative estimate of drug-likeness (QED) is 0.0880. The van der Waals surface area contributed by atoms with Crippen LogP contribution in [-0.2, 0) is 0 Å². The van der Waals surface area contributed by atoms with E-state index in [1.165, 1.54) is 57.8 Å². The number of aliphatic hydroxyl groups excluding tert-OH is 1. The molecule has 0 bridgehead atoms. The molecular weight excluding hydrogens is 532 g/mol. The first-order valence-electron chi connectivity index (χ1n) is 18.5. The van der Waals surface area contributed by atoms with Gasteiger partial charge in [0, 0.05) is 11.8 Å². The van der Waals surface area contributed by atoms with Gasteiger partial charge in [0.05, 0.1) is 17.7 Å². The Balaban J connectivity index is 1.38. The normalized spacial score (nSPS) is 38.0. The van der Waals surface area contributed by atoms with Crippen molar-refractivity contribution in [1.82, 2.24) is 16.0 Å². The van der Waals surface area contributed by atoms with Gasteiger partial charge in [-0.1, -0.05) is 65.5 Å². The molecule has 7 N–H and O–H groups in total. The van der Waals surface area contributed by atoms with Gasteiger partial charge in [0.1, 0.15) is 0 Å². The Morgan fingerprint density at radius 3 is 2.23 bits per heavy atom. The first-order valence-corrected chi connectivity index (χ1v) is 18.5. The highest BCUT2D eigenvalue weighted by Crippen LogP contribution is 2.67. The highest BCUT2D eigenvalue weighted by molar-refractivity contribution is 5.34. The zero-order valence-electron chi connectivity index (χ0n) is 28.7. The highest BCUT2D eigenvalue weighted by Gasteiger charge is 2.64. The number of hydrogen-bond acceptors (Lipinski definition) is 6. The molecule has 0 radical (unpaired) electrons. The number of nitrogens with two attached hydrogens (primary N) is 1. The standard InChI is InChI=1S/C37H70N4O2/c1-27(2)11-8-12-28(3)31-13-14-32-30-25-34(41-24-10-23-40-21-7-6-20-39-22-9-19-38)37(43)26-29(42)15-18-36(37,5)33(30)16-17-35(31,32)4/h25,27-29,31-34,39-43H,6-24,26,38H2,1-5H3/t28?,29-,31+,32?,33?,34+,35+,36+,37-/m0/s1. The SMILES string of the molecule is CC(C)CCCC(C)[C@H]1CCC2C3=C[C@@H](NCCCNCCCCNCCCN)[C@@]4(O)C[C@@H](O)CC[C@]4(C)C3CC[C@@]21C. The molecule has 0 aromatic heterocycles. The van der Waals surface area contributed by atoms with Crippen LogP contribution in [0.15, 0.2) is 11.6 Å². The molecule has 4 aliphatic rings. The van der Waals surface area contributed by atoms with Crippen LogP contribution in [0, 0.1) is 40.4 Å². The van der Waals surface area contributed by atoms with Crippen molar-refractivity contribution in [2.75, 3.05) is 39.3 Å². The molecule has 0 aromatic carbocycles. The third-order valence-corrected chi connectivity index (χ3v) is 12.9. The van der Waals surface area contributed by atoms with Gasteiger partial charge < -0.3 is 31.9 Å². The lowest BCUT2D eigenvalue weighted by Gasteiger charge is -2.63. The van der Waals surface area contributed by atoms with Crippen LogP contribution in [0.2, 0.25) is 0 Å². The number of hydrogen-bond donors (Lipinski definition) is 6. The number of nitrogens with one attached hydrogen (secondary N) is 3. The summed E-state index contributed by atoms with van der Waals surface area (Å²) in [5.41, 5.74) is 6.55. The Kier molecular flexibility index (Phi) is 13.0. The lowest BCUT2D eigenvalue weighted by atomic mass is 9.45. The van der Waals surface area contributed by atoms with Crippen molar-refractivity contribution in [3.05, 3.63) is 11.6 Å². The zero-order valence-corrected chi connectivity index (χ0v) is 28.7. The van der Waals surface area contributed by atoms with E-state index in [9.17, 15) is 10.2 Å². The Hall–Kier alpha value is -0.500. The van der Waals surface area contributed by atoms with Gasteiger partial charge >= 0.3 is 0 Å². The molecule has 0 saturated heterocycles. The Morgan fingerprint density at radius 2 is 1.53 bits per heavy atom. The van der Waals surface area contributed by atoms with Crippen molar-refractivity contribution in [2.24, 2.45) is 46.2 Å². The summed E-state index contributed by atoms with van der Waals surface area (Å²) >= 11 is 0. The van der Waals surface area contributed by atoms with Gasteiger partial charge in [-0.2, -0.15) is 0 Å². The number of rotatable bonds is 18. The Morgan fingerprint density at radius 1 is 0.837 bits per heavy atom. The van der Waals surface area contributed by atoms with Gasteiger partial charge in [-0.3, -0.25) is 0 Å². The predicted molar refractivity (Wildman–Crippen MR) is 181 cm³/mol. The third kappa shape index (κ3) is 7.91. The molecule has 0 aliphatic heterocycles. The average molecular weight is 603 g/mol. The van der Waals surface area contributed by atoms with E-state index >= 15 is 0 Å². The van der Waals surface area contributed by atoms with Crippen LogP contribution in [-0.4, -0.2) is 67.2 Å². The smallest absolute Gasteiger partial charge is 0.0919 e. The summed E-state index contributed by atoms with van der Waals surface area (Å²) in [7, 11) is 0. The van der Waals surface area contributed by atoms with Crippen LogP contribution in [0.4, 0.5) is 0 Å². The van der Waals surface area contributed by atoms with E-state index < -0.39 is 11.7 Å². The summed E-state index contributed by atoms with van der Waals surface area (Å²) < 4.78 is 0. The Labute approximate surface area is 265 Å². The van der Waals surface area contributed by atoms with E-state index in [0.717, 1.165) is 82.7 Å². The maximum atomic E-state index is 12.5. The summed E-state index contributed by atoms with van der Waals surface area (Å²) in [5, 5.41) is 34.2. The minimum Gasteiger partial charge on any atom is -0.393 e. The zero-order chi connectivity index (χ0) is 31.1. The maximum absolute atomic E-state index is 12.5. The molecule has 43 heavy (non-hydrogen) atoms. The van der Waals surface area contributed by atoms with Gasteiger partial charge in [0.25, 0.3) is 0 Å². The van der Waals surface area contributed by atoms with Crippen LogP contribution in [0.25, 0.3) is 0 Å². The first kappa shape index (κ1) is 35.4. The van der Waals surface area contributed by atoms with Gasteiger partial charge in [-0.05, 0) is 138 Å². The lowest BCUT2D eigenvalue weighted by Crippen LogP contribution is -2.68. The second-order valence-electron chi connectivity index (χ2n) is 16.2. The molecule has 3 saturated carbocycles. The van der Waals surface area contributed by atoms with Gasteiger partial charge in [0.2, 0.25) is 0 Å². The van der Waals surface area contributed by atoms with Crippen LogP contribution >= 0.6 is 0 Å². The van der Waals surface area contributed by atoms with E-state index in [-0.39, 0.29) is 11.5 Å². The molecule has 4 aliphatic carbocycles. The molecule has 0 aromatic rings. The minimum absolute atomic E-state index is 0.0804. The summed E-state index contributed by atoms with van der Waals surface area (Å²) in [6, 6.07) is -0.0804. The molecule has 0 amide bonds. The van der Waals surface area contributed by atoms with Crippen LogP contribution < -0.4 is 21.7 Å². The van der Waals surface area contributed by atoms with Crippen molar-refractivity contribution in [1.29, 1.82) is 0 Å². The number of allylic oxidation sites excluding steroid dienone is 1. The second kappa shape index (κ2) is 15.9. The van der Waals surface area contributed by atoms with Gasteiger partial charge in [-0.25, -0.2) is 0 Å². The van der Waals surface area contributed by atoms with E-state index in [4.69, 9.17) is 5.73 Å². The van der Waals surface area contributed by atoms with Crippen LogP contribution in [0.1, 0.15) is 125 Å². The largest absolute Gasteiger partial charge is 0.393 e. The maximum Gasteiger partial charge on any atom is 0.0919 e.